The van der Waals surface area contributed by atoms with Crippen LogP contribution in [0.3, 0.4) is 0 Å². The Labute approximate surface area is 109 Å². The topological polar surface area (TPSA) is 35.8 Å². The van der Waals surface area contributed by atoms with Crippen molar-refractivity contribution in [3.8, 4) is 6.07 Å². The van der Waals surface area contributed by atoms with E-state index in [1.807, 2.05) is 35.7 Å². The molecule has 0 aliphatic carbocycles. The standard InChI is InChI=1S/C13H11ClN2S/c14-13-4-2-1-3-11(13)7-16-8-12-5-10(6-15)9-17-12/h1-5,9,16H,7-8H2. The predicted octanol–water partition coefficient (Wildman–Crippen LogP) is 3.56. The second kappa shape index (κ2) is 5.83. The summed E-state index contributed by atoms with van der Waals surface area (Å²) in [5, 5.41) is 14.7. The highest BCUT2D eigenvalue weighted by atomic mass is 35.5. The van der Waals surface area contributed by atoms with Crippen LogP contribution in [-0.2, 0) is 13.1 Å². The number of hydrogen-bond donors (Lipinski definition) is 1. The van der Waals surface area contributed by atoms with Crippen LogP contribution in [0.4, 0.5) is 0 Å². The lowest BCUT2D eigenvalue weighted by Gasteiger charge is -2.04. The van der Waals surface area contributed by atoms with E-state index in [1.165, 1.54) is 0 Å². The highest BCUT2D eigenvalue weighted by molar-refractivity contribution is 7.10. The van der Waals surface area contributed by atoms with E-state index in [-0.39, 0.29) is 0 Å². The van der Waals surface area contributed by atoms with Crippen LogP contribution in [0.2, 0.25) is 5.02 Å². The molecular weight excluding hydrogens is 252 g/mol. The van der Waals surface area contributed by atoms with Gasteiger partial charge < -0.3 is 5.32 Å². The molecule has 0 saturated heterocycles. The van der Waals surface area contributed by atoms with Crippen LogP contribution in [0.5, 0.6) is 0 Å². The number of nitrogens with zero attached hydrogens (tertiary/aromatic N) is 1. The van der Waals surface area contributed by atoms with E-state index in [4.69, 9.17) is 16.9 Å². The smallest absolute Gasteiger partial charge is 0.100 e. The zero-order chi connectivity index (χ0) is 12.1. The molecule has 17 heavy (non-hydrogen) atoms. The SMILES string of the molecule is N#Cc1csc(CNCc2ccccc2Cl)c1. The third-order valence-corrected chi connectivity index (χ3v) is 3.66. The Hall–Kier alpha value is -1.34. The number of thiophene rings is 1. The summed E-state index contributed by atoms with van der Waals surface area (Å²) in [6.45, 7) is 1.50. The zero-order valence-corrected chi connectivity index (χ0v) is 10.7. The summed E-state index contributed by atoms with van der Waals surface area (Å²) in [4.78, 5) is 1.16. The Morgan fingerprint density at radius 1 is 1.29 bits per heavy atom. The van der Waals surface area contributed by atoms with Crippen molar-refractivity contribution in [1.82, 2.24) is 5.32 Å². The largest absolute Gasteiger partial charge is 0.308 e. The van der Waals surface area contributed by atoms with Gasteiger partial charge in [-0.1, -0.05) is 29.8 Å². The lowest BCUT2D eigenvalue weighted by molar-refractivity contribution is 0.701. The predicted molar refractivity (Wildman–Crippen MR) is 71.0 cm³/mol. The summed E-state index contributed by atoms with van der Waals surface area (Å²) in [5.74, 6) is 0. The normalized spacial score (nSPS) is 10.1. The van der Waals surface area contributed by atoms with Gasteiger partial charge in [-0.15, -0.1) is 11.3 Å². The molecule has 0 aliphatic heterocycles. The third kappa shape index (κ3) is 3.31. The average molecular weight is 263 g/mol. The molecule has 4 heteroatoms. The number of nitriles is 1. The summed E-state index contributed by atoms with van der Waals surface area (Å²) in [6.07, 6.45) is 0. The fourth-order valence-corrected chi connectivity index (χ4v) is 2.48. The van der Waals surface area contributed by atoms with E-state index in [2.05, 4.69) is 11.4 Å². The minimum Gasteiger partial charge on any atom is -0.308 e. The molecule has 1 aromatic carbocycles. The van der Waals surface area contributed by atoms with E-state index in [9.17, 15) is 0 Å². The minimum atomic E-state index is 0.726. The first-order valence-corrected chi connectivity index (χ1v) is 6.47. The summed E-state index contributed by atoms with van der Waals surface area (Å²) in [7, 11) is 0. The quantitative estimate of drug-likeness (QED) is 0.915. The lowest BCUT2D eigenvalue weighted by atomic mass is 10.2. The van der Waals surface area contributed by atoms with Crippen molar-refractivity contribution in [3.05, 3.63) is 56.7 Å². The van der Waals surface area contributed by atoms with Gasteiger partial charge in [0.15, 0.2) is 0 Å². The maximum atomic E-state index is 8.71. The Bertz CT molecular complexity index is 542. The molecule has 1 N–H and O–H groups in total. The fraction of sp³-hybridized carbons (Fsp3) is 0.154. The molecule has 2 nitrogen and oxygen atoms in total. The Morgan fingerprint density at radius 3 is 2.82 bits per heavy atom. The van der Waals surface area contributed by atoms with E-state index < -0.39 is 0 Å². The number of halogens is 1. The molecule has 86 valence electrons. The van der Waals surface area contributed by atoms with Crippen molar-refractivity contribution in [2.75, 3.05) is 0 Å². The van der Waals surface area contributed by atoms with Crippen molar-refractivity contribution >= 4 is 22.9 Å². The number of hydrogen-bond acceptors (Lipinski definition) is 3. The van der Waals surface area contributed by atoms with Crippen molar-refractivity contribution in [2.24, 2.45) is 0 Å². The molecule has 1 aromatic heterocycles. The number of benzene rings is 1. The number of nitrogens with one attached hydrogen (secondary N) is 1. The molecule has 2 aromatic rings. The second-order valence-corrected chi connectivity index (χ2v) is 5.01. The van der Waals surface area contributed by atoms with Gasteiger partial charge >= 0.3 is 0 Å². The van der Waals surface area contributed by atoms with Gasteiger partial charge in [0.1, 0.15) is 6.07 Å². The molecule has 0 aliphatic rings. The van der Waals surface area contributed by atoms with Crippen LogP contribution in [-0.4, -0.2) is 0 Å². The Morgan fingerprint density at radius 2 is 2.12 bits per heavy atom. The van der Waals surface area contributed by atoms with Gasteiger partial charge in [0.05, 0.1) is 5.56 Å². The van der Waals surface area contributed by atoms with Crippen molar-refractivity contribution in [3.63, 3.8) is 0 Å². The van der Waals surface area contributed by atoms with Crippen molar-refractivity contribution < 1.29 is 0 Å². The van der Waals surface area contributed by atoms with E-state index in [1.54, 1.807) is 11.3 Å². The first-order chi connectivity index (χ1) is 8.29. The molecule has 0 bridgehead atoms. The maximum Gasteiger partial charge on any atom is 0.100 e. The van der Waals surface area contributed by atoms with Crippen molar-refractivity contribution in [1.29, 1.82) is 5.26 Å². The lowest BCUT2D eigenvalue weighted by Crippen LogP contribution is -2.11. The van der Waals surface area contributed by atoms with Crippen LogP contribution in [0, 0.1) is 11.3 Å². The Balaban J connectivity index is 1.88. The maximum absolute atomic E-state index is 8.71. The first-order valence-electron chi connectivity index (χ1n) is 5.21. The Kier molecular flexibility index (Phi) is 4.16. The van der Waals surface area contributed by atoms with Crippen molar-refractivity contribution in [2.45, 2.75) is 13.1 Å². The molecule has 0 unspecified atom stereocenters. The van der Waals surface area contributed by atoms with Gasteiger partial charge in [-0.25, -0.2) is 0 Å². The van der Waals surface area contributed by atoms with Gasteiger partial charge in [-0.05, 0) is 17.7 Å². The molecule has 0 spiro atoms. The highest BCUT2D eigenvalue weighted by Gasteiger charge is 2.00. The van der Waals surface area contributed by atoms with E-state index in [0.29, 0.717) is 0 Å². The van der Waals surface area contributed by atoms with E-state index in [0.717, 1.165) is 34.1 Å². The van der Waals surface area contributed by atoms with Crippen LogP contribution >= 0.6 is 22.9 Å². The van der Waals surface area contributed by atoms with Gasteiger partial charge in [0.2, 0.25) is 0 Å². The highest BCUT2D eigenvalue weighted by Crippen LogP contribution is 2.16. The molecule has 1 heterocycles. The van der Waals surface area contributed by atoms with E-state index >= 15 is 0 Å². The minimum absolute atomic E-state index is 0.726. The monoisotopic (exact) mass is 262 g/mol. The first kappa shape index (κ1) is 12.1. The molecule has 0 fully saturated rings. The zero-order valence-electron chi connectivity index (χ0n) is 9.11. The molecule has 0 radical (unpaired) electrons. The van der Waals surface area contributed by atoms with Gasteiger partial charge in [-0.2, -0.15) is 5.26 Å². The molecule has 0 saturated carbocycles. The summed E-state index contributed by atoms with van der Waals surface area (Å²) >= 11 is 7.65. The number of rotatable bonds is 4. The molecule has 0 atom stereocenters. The van der Waals surface area contributed by atoms with Crippen LogP contribution in [0.15, 0.2) is 35.7 Å². The summed E-state index contributed by atoms with van der Waals surface area (Å²) < 4.78 is 0. The second-order valence-electron chi connectivity index (χ2n) is 3.61. The third-order valence-electron chi connectivity index (χ3n) is 2.36. The molecule has 0 amide bonds. The molecule has 2 rings (SSSR count). The summed E-state index contributed by atoms with van der Waals surface area (Å²) in [5.41, 5.74) is 1.82. The van der Waals surface area contributed by atoms with Gasteiger partial charge in [0.25, 0.3) is 0 Å². The summed E-state index contributed by atoms with van der Waals surface area (Å²) in [6, 6.07) is 11.8. The van der Waals surface area contributed by atoms with Gasteiger partial charge in [-0.3, -0.25) is 0 Å². The van der Waals surface area contributed by atoms with Gasteiger partial charge in [0, 0.05) is 28.4 Å². The fourth-order valence-electron chi connectivity index (χ4n) is 1.49. The van der Waals surface area contributed by atoms with Crippen LogP contribution < -0.4 is 5.32 Å². The average Bonchev–Trinajstić information content (AvgIpc) is 2.80. The van der Waals surface area contributed by atoms with Crippen LogP contribution in [0.1, 0.15) is 16.0 Å². The molecular formula is C13H11ClN2S. The van der Waals surface area contributed by atoms with Crippen LogP contribution in [0.25, 0.3) is 0 Å².